The summed E-state index contributed by atoms with van der Waals surface area (Å²) in [4.78, 5) is 4.16. The Kier molecular flexibility index (Phi) is 1.62. The number of rotatable bonds is 0. The highest BCUT2D eigenvalue weighted by molar-refractivity contribution is 6.29. The molecule has 2 N–H and O–H groups in total. The number of halogens is 1. The lowest BCUT2D eigenvalue weighted by molar-refractivity contribution is 0.409. The first kappa shape index (κ1) is 7.13. The highest BCUT2D eigenvalue weighted by Gasteiger charge is 2.18. The van der Waals surface area contributed by atoms with Crippen LogP contribution in [-0.4, -0.2) is 9.55 Å². The molecule has 0 aliphatic carbocycles. The molecule has 2 rings (SSSR count). The minimum Gasteiger partial charge on any atom is -0.311 e. The van der Waals surface area contributed by atoms with Crippen LogP contribution < -0.4 is 5.73 Å². The first-order chi connectivity index (χ1) is 5.29. The lowest BCUT2D eigenvalue weighted by Gasteiger charge is -2.21. The second-order valence-corrected chi connectivity index (χ2v) is 3.21. The number of aryl methyl sites for hydroxylation is 1. The maximum absolute atomic E-state index is 5.87. The molecule has 4 heteroatoms. The van der Waals surface area contributed by atoms with Gasteiger partial charge in [-0.05, 0) is 12.8 Å². The van der Waals surface area contributed by atoms with Crippen LogP contribution in [0.1, 0.15) is 24.8 Å². The van der Waals surface area contributed by atoms with Crippen LogP contribution in [0, 0.1) is 0 Å². The third-order valence-electron chi connectivity index (χ3n) is 2.06. The Balaban J connectivity index is 2.48. The van der Waals surface area contributed by atoms with Gasteiger partial charge in [0.15, 0.2) is 0 Å². The van der Waals surface area contributed by atoms with E-state index in [1.807, 2.05) is 4.57 Å². The van der Waals surface area contributed by atoms with E-state index >= 15 is 0 Å². The van der Waals surface area contributed by atoms with Crippen molar-refractivity contribution >= 4 is 11.6 Å². The second kappa shape index (κ2) is 2.50. The summed E-state index contributed by atoms with van der Waals surface area (Å²) in [6.07, 6.45) is 4.83. The van der Waals surface area contributed by atoms with Crippen LogP contribution in [0.3, 0.4) is 0 Å². The van der Waals surface area contributed by atoms with Gasteiger partial charge in [0.25, 0.3) is 0 Å². The number of nitrogens with two attached hydrogens (primary N) is 1. The fourth-order valence-electron chi connectivity index (χ4n) is 1.51. The summed E-state index contributed by atoms with van der Waals surface area (Å²) in [6, 6.07) is 0. The fraction of sp³-hybridized carbons (Fsp3) is 0.571. The standard InChI is InChI=1S/C7H10ClN3/c8-5-4-10-7-3-1-2-6(9)11(5)7/h4,6H,1-3,9H2. The summed E-state index contributed by atoms with van der Waals surface area (Å²) >= 11 is 5.87. The summed E-state index contributed by atoms with van der Waals surface area (Å²) < 4.78 is 1.91. The Morgan fingerprint density at radius 3 is 3.27 bits per heavy atom. The maximum Gasteiger partial charge on any atom is 0.130 e. The van der Waals surface area contributed by atoms with Crippen molar-refractivity contribution in [2.24, 2.45) is 5.73 Å². The molecule has 0 saturated heterocycles. The Bertz CT molecular complexity index is 269. The zero-order valence-electron chi connectivity index (χ0n) is 6.13. The first-order valence-electron chi connectivity index (χ1n) is 3.76. The van der Waals surface area contributed by atoms with Gasteiger partial charge < -0.3 is 10.3 Å². The minimum absolute atomic E-state index is 0.0359. The van der Waals surface area contributed by atoms with E-state index in [0.29, 0.717) is 5.15 Å². The van der Waals surface area contributed by atoms with Crippen molar-refractivity contribution in [3.05, 3.63) is 17.2 Å². The highest BCUT2D eigenvalue weighted by Crippen LogP contribution is 2.24. The summed E-state index contributed by atoms with van der Waals surface area (Å²) in [7, 11) is 0. The van der Waals surface area contributed by atoms with Gasteiger partial charge in [0.2, 0.25) is 0 Å². The van der Waals surface area contributed by atoms with Crippen molar-refractivity contribution in [3.8, 4) is 0 Å². The van der Waals surface area contributed by atoms with Gasteiger partial charge in [-0.15, -0.1) is 0 Å². The molecule has 11 heavy (non-hydrogen) atoms. The van der Waals surface area contributed by atoms with Crippen LogP contribution in [-0.2, 0) is 6.42 Å². The number of hydrogen-bond donors (Lipinski definition) is 1. The third-order valence-corrected chi connectivity index (χ3v) is 2.34. The van der Waals surface area contributed by atoms with Gasteiger partial charge >= 0.3 is 0 Å². The van der Waals surface area contributed by atoms with Crippen molar-refractivity contribution < 1.29 is 0 Å². The number of aromatic nitrogens is 2. The molecule has 0 amide bonds. The lowest BCUT2D eigenvalue weighted by atomic mass is 10.1. The van der Waals surface area contributed by atoms with E-state index in [0.717, 1.165) is 25.1 Å². The Labute approximate surface area is 70.2 Å². The van der Waals surface area contributed by atoms with Gasteiger partial charge in [-0.3, -0.25) is 0 Å². The fourth-order valence-corrected chi connectivity index (χ4v) is 1.78. The number of fused-ring (bicyclic) bond motifs is 1. The van der Waals surface area contributed by atoms with Crippen LogP contribution in [0.2, 0.25) is 5.15 Å². The van der Waals surface area contributed by atoms with E-state index < -0.39 is 0 Å². The zero-order chi connectivity index (χ0) is 7.84. The van der Waals surface area contributed by atoms with E-state index in [2.05, 4.69) is 4.98 Å². The van der Waals surface area contributed by atoms with Gasteiger partial charge in [0.05, 0.1) is 12.4 Å². The summed E-state index contributed by atoms with van der Waals surface area (Å²) in [6.45, 7) is 0. The molecule has 0 fully saturated rings. The summed E-state index contributed by atoms with van der Waals surface area (Å²) in [5, 5.41) is 0.659. The molecule has 1 aliphatic heterocycles. The molecule has 0 spiro atoms. The number of hydrogen-bond acceptors (Lipinski definition) is 2. The van der Waals surface area contributed by atoms with Crippen LogP contribution in [0.25, 0.3) is 0 Å². The van der Waals surface area contributed by atoms with Gasteiger partial charge in [-0.25, -0.2) is 4.98 Å². The van der Waals surface area contributed by atoms with Crippen LogP contribution in [0.4, 0.5) is 0 Å². The van der Waals surface area contributed by atoms with Gasteiger partial charge in [0, 0.05) is 6.42 Å². The van der Waals surface area contributed by atoms with E-state index in [4.69, 9.17) is 17.3 Å². The molecule has 1 aromatic heterocycles. The van der Waals surface area contributed by atoms with Crippen molar-refractivity contribution in [2.75, 3.05) is 0 Å². The van der Waals surface area contributed by atoms with Crippen molar-refractivity contribution in [1.29, 1.82) is 0 Å². The smallest absolute Gasteiger partial charge is 0.130 e. The molecular weight excluding hydrogens is 162 g/mol. The van der Waals surface area contributed by atoms with Gasteiger partial charge in [-0.2, -0.15) is 0 Å². The molecule has 2 heterocycles. The van der Waals surface area contributed by atoms with Gasteiger partial charge in [-0.1, -0.05) is 11.6 Å². The predicted molar refractivity (Wildman–Crippen MR) is 43.4 cm³/mol. The molecule has 1 aromatic rings. The monoisotopic (exact) mass is 171 g/mol. The van der Waals surface area contributed by atoms with Crippen LogP contribution in [0.15, 0.2) is 6.20 Å². The second-order valence-electron chi connectivity index (χ2n) is 2.83. The van der Waals surface area contributed by atoms with Gasteiger partial charge in [0.1, 0.15) is 11.0 Å². The molecule has 0 radical (unpaired) electrons. The lowest BCUT2D eigenvalue weighted by Crippen LogP contribution is -2.24. The largest absolute Gasteiger partial charge is 0.311 e. The molecule has 1 atom stereocenters. The predicted octanol–water partition coefficient (Wildman–Crippen LogP) is 1.33. The van der Waals surface area contributed by atoms with Crippen molar-refractivity contribution in [2.45, 2.75) is 25.4 Å². The topological polar surface area (TPSA) is 43.8 Å². The van der Waals surface area contributed by atoms with Crippen LogP contribution in [0.5, 0.6) is 0 Å². The molecule has 1 aliphatic rings. The van der Waals surface area contributed by atoms with Crippen molar-refractivity contribution in [3.63, 3.8) is 0 Å². The van der Waals surface area contributed by atoms with Crippen LogP contribution >= 0.6 is 11.6 Å². The zero-order valence-corrected chi connectivity index (χ0v) is 6.88. The summed E-state index contributed by atoms with van der Waals surface area (Å²) in [5.74, 6) is 1.02. The molecule has 3 nitrogen and oxygen atoms in total. The van der Waals surface area contributed by atoms with E-state index in [9.17, 15) is 0 Å². The molecular formula is C7H10ClN3. The average molecular weight is 172 g/mol. The van der Waals surface area contributed by atoms with E-state index in [-0.39, 0.29) is 6.17 Å². The van der Waals surface area contributed by atoms with E-state index in [1.54, 1.807) is 6.20 Å². The molecule has 60 valence electrons. The Morgan fingerprint density at radius 2 is 2.55 bits per heavy atom. The minimum atomic E-state index is 0.0359. The summed E-state index contributed by atoms with van der Waals surface area (Å²) in [5.41, 5.74) is 5.83. The molecule has 0 bridgehead atoms. The third kappa shape index (κ3) is 1.04. The van der Waals surface area contributed by atoms with Crippen molar-refractivity contribution in [1.82, 2.24) is 9.55 Å². The Morgan fingerprint density at radius 1 is 1.73 bits per heavy atom. The van der Waals surface area contributed by atoms with E-state index in [1.165, 1.54) is 0 Å². The molecule has 1 unspecified atom stereocenters. The SMILES string of the molecule is NC1CCCc2ncc(Cl)n21. The molecule has 0 saturated carbocycles. The maximum atomic E-state index is 5.87. The number of imidazole rings is 1. The normalized spacial score (nSPS) is 23.3. The highest BCUT2D eigenvalue weighted by atomic mass is 35.5. The average Bonchev–Trinajstić information content (AvgIpc) is 2.34. The quantitative estimate of drug-likeness (QED) is 0.640. The Hall–Kier alpha value is -0.540. The molecule has 0 aromatic carbocycles. The number of nitrogens with zero attached hydrogens (tertiary/aromatic N) is 2. The first-order valence-corrected chi connectivity index (χ1v) is 4.14.